The lowest BCUT2D eigenvalue weighted by atomic mass is 10.2. The minimum atomic E-state index is -0.826. The second-order valence-corrected chi connectivity index (χ2v) is 3.94. The summed E-state index contributed by atoms with van der Waals surface area (Å²) < 4.78 is 5.13. The first kappa shape index (κ1) is 13.0. The van der Waals surface area contributed by atoms with Crippen LogP contribution in [0.4, 0.5) is 0 Å². The number of tetrazole rings is 1. The maximum atomic E-state index is 10.4. The number of nitrogens with zero attached hydrogens (tertiary/aromatic N) is 4. The van der Waals surface area contributed by atoms with E-state index in [2.05, 4.69) is 15.4 Å². The number of hydrogen-bond acceptors (Lipinski definition) is 5. The summed E-state index contributed by atoms with van der Waals surface area (Å²) in [4.78, 5) is 11.8. The molecular formula is C12H14N4O3. The first-order valence-electron chi connectivity index (χ1n) is 5.83. The van der Waals surface area contributed by atoms with Crippen molar-refractivity contribution in [3.63, 3.8) is 0 Å². The zero-order valence-electron chi connectivity index (χ0n) is 10.5. The Labute approximate surface area is 109 Å². The number of hydrogen-bond donors (Lipinski definition) is 1. The van der Waals surface area contributed by atoms with E-state index in [-0.39, 0.29) is 6.42 Å². The van der Waals surface area contributed by atoms with Crippen molar-refractivity contribution in [3.05, 3.63) is 24.3 Å². The molecule has 1 N–H and O–H groups in total. The Bertz CT molecular complexity index is 568. The highest BCUT2D eigenvalue weighted by Crippen LogP contribution is 2.19. The third-order valence-electron chi connectivity index (χ3n) is 2.53. The summed E-state index contributed by atoms with van der Waals surface area (Å²) >= 11 is 0. The molecule has 7 nitrogen and oxygen atoms in total. The first-order chi connectivity index (χ1) is 9.19. The van der Waals surface area contributed by atoms with E-state index >= 15 is 0 Å². The molecule has 0 unspecified atom stereocenters. The summed E-state index contributed by atoms with van der Waals surface area (Å²) in [5.41, 5.74) is 0.809. The Morgan fingerprint density at radius 2 is 2.32 bits per heavy atom. The summed E-state index contributed by atoms with van der Waals surface area (Å²) in [6, 6.07) is 7.36. The molecule has 1 heterocycles. The van der Waals surface area contributed by atoms with Crippen LogP contribution in [0.15, 0.2) is 24.3 Å². The third kappa shape index (κ3) is 3.51. The van der Waals surface area contributed by atoms with E-state index < -0.39 is 5.97 Å². The average molecular weight is 262 g/mol. The molecule has 0 saturated carbocycles. The maximum absolute atomic E-state index is 10.4. The fourth-order valence-electron chi connectivity index (χ4n) is 1.59. The SMILES string of the molecule is COc1cccc(-c2nnn(CCCC(=O)O)n2)c1. The van der Waals surface area contributed by atoms with Crippen LogP contribution in [0.25, 0.3) is 11.4 Å². The summed E-state index contributed by atoms with van der Waals surface area (Å²) in [6.07, 6.45) is 0.569. The Morgan fingerprint density at radius 1 is 1.47 bits per heavy atom. The number of aliphatic carboxylic acids is 1. The number of ether oxygens (including phenoxy) is 1. The summed E-state index contributed by atoms with van der Waals surface area (Å²) in [5, 5.41) is 20.6. The van der Waals surface area contributed by atoms with Crippen molar-refractivity contribution in [3.8, 4) is 17.1 Å². The number of carbonyl (C=O) groups is 1. The smallest absolute Gasteiger partial charge is 0.303 e. The normalized spacial score (nSPS) is 10.4. The van der Waals surface area contributed by atoms with Crippen molar-refractivity contribution in [2.24, 2.45) is 0 Å². The van der Waals surface area contributed by atoms with E-state index in [4.69, 9.17) is 9.84 Å². The number of carboxylic acid groups (broad SMARTS) is 1. The van der Waals surface area contributed by atoms with Gasteiger partial charge in [-0.3, -0.25) is 4.79 Å². The molecule has 0 saturated heterocycles. The molecule has 0 aliphatic carbocycles. The van der Waals surface area contributed by atoms with Gasteiger partial charge in [0.15, 0.2) is 0 Å². The highest BCUT2D eigenvalue weighted by molar-refractivity contribution is 5.66. The maximum Gasteiger partial charge on any atom is 0.303 e. The number of carboxylic acids is 1. The molecule has 100 valence electrons. The molecule has 19 heavy (non-hydrogen) atoms. The average Bonchev–Trinajstić information content (AvgIpc) is 2.87. The van der Waals surface area contributed by atoms with Gasteiger partial charge in [-0.05, 0) is 23.8 Å². The third-order valence-corrected chi connectivity index (χ3v) is 2.53. The second-order valence-electron chi connectivity index (χ2n) is 3.94. The Kier molecular flexibility index (Phi) is 4.07. The fraction of sp³-hybridized carbons (Fsp3) is 0.333. The largest absolute Gasteiger partial charge is 0.497 e. The van der Waals surface area contributed by atoms with Gasteiger partial charge in [0, 0.05) is 12.0 Å². The molecule has 7 heteroatoms. The quantitative estimate of drug-likeness (QED) is 0.841. The Morgan fingerprint density at radius 3 is 3.05 bits per heavy atom. The molecule has 0 aliphatic heterocycles. The highest BCUT2D eigenvalue weighted by atomic mass is 16.5. The molecule has 1 aromatic carbocycles. The van der Waals surface area contributed by atoms with Crippen molar-refractivity contribution in [2.75, 3.05) is 7.11 Å². The van der Waals surface area contributed by atoms with Gasteiger partial charge in [-0.15, -0.1) is 10.2 Å². The molecule has 0 fully saturated rings. The Hall–Kier alpha value is -2.44. The highest BCUT2D eigenvalue weighted by Gasteiger charge is 2.07. The van der Waals surface area contributed by atoms with Gasteiger partial charge in [0.05, 0.1) is 13.7 Å². The van der Waals surface area contributed by atoms with Crippen LogP contribution in [0.2, 0.25) is 0 Å². The van der Waals surface area contributed by atoms with Crippen LogP contribution in [0.1, 0.15) is 12.8 Å². The van der Waals surface area contributed by atoms with E-state index in [1.165, 1.54) is 4.80 Å². The standard InChI is InChI=1S/C12H14N4O3/c1-19-10-5-2-4-9(8-10)12-13-15-16(14-12)7-3-6-11(17)18/h2,4-5,8H,3,6-7H2,1H3,(H,17,18). The lowest BCUT2D eigenvalue weighted by Gasteiger charge is -2.00. The van der Waals surface area contributed by atoms with Gasteiger partial charge in [-0.2, -0.15) is 4.80 Å². The van der Waals surface area contributed by atoms with Gasteiger partial charge in [0.2, 0.25) is 5.82 Å². The molecule has 1 aromatic heterocycles. The molecule has 0 bridgehead atoms. The number of methoxy groups -OCH3 is 1. The molecule has 0 atom stereocenters. The molecule has 2 rings (SSSR count). The fourth-order valence-corrected chi connectivity index (χ4v) is 1.59. The molecule has 0 aliphatic rings. The van der Waals surface area contributed by atoms with E-state index in [9.17, 15) is 4.79 Å². The predicted octanol–water partition coefficient (Wildman–Crippen LogP) is 1.21. The zero-order chi connectivity index (χ0) is 13.7. The summed E-state index contributed by atoms with van der Waals surface area (Å²) in [6.45, 7) is 0.434. The van der Waals surface area contributed by atoms with Crippen LogP contribution in [0, 0.1) is 0 Å². The predicted molar refractivity (Wildman–Crippen MR) is 66.7 cm³/mol. The molecule has 0 amide bonds. The summed E-state index contributed by atoms with van der Waals surface area (Å²) in [7, 11) is 1.59. The van der Waals surface area contributed by atoms with E-state index in [1.807, 2.05) is 24.3 Å². The molecular weight excluding hydrogens is 248 g/mol. The minimum Gasteiger partial charge on any atom is -0.497 e. The lowest BCUT2D eigenvalue weighted by Crippen LogP contribution is -2.05. The van der Waals surface area contributed by atoms with Crippen LogP contribution in [-0.2, 0) is 11.3 Å². The van der Waals surface area contributed by atoms with Crippen molar-refractivity contribution < 1.29 is 14.6 Å². The monoisotopic (exact) mass is 262 g/mol. The molecule has 0 spiro atoms. The van der Waals surface area contributed by atoms with Crippen LogP contribution < -0.4 is 4.74 Å². The Balaban J connectivity index is 2.05. The zero-order valence-corrected chi connectivity index (χ0v) is 10.5. The minimum absolute atomic E-state index is 0.0933. The summed E-state index contributed by atoms with van der Waals surface area (Å²) in [5.74, 6) is 0.391. The van der Waals surface area contributed by atoms with Gasteiger partial charge < -0.3 is 9.84 Å². The van der Waals surface area contributed by atoms with Crippen LogP contribution in [-0.4, -0.2) is 38.4 Å². The second kappa shape index (κ2) is 5.94. The molecule has 0 radical (unpaired) electrons. The van der Waals surface area contributed by atoms with E-state index in [0.29, 0.717) is 18.8 Å². The number of aromatic nitrogens is 4. The van der Waals surface area contributed by atoms with Gasteiger partial charge in [-0.25, -0.2) is 0 Å². The van der Waals surface area contributed by atoms with Crippen molar-refractivity contribution in [1.82, 2.24) is 20.2 Å². The van der Waals surface area contributed by atoms with Crippen LogP contribution in [0.5, 0.6) is 5.75 Å². The van der Waals surface area contributed by atoms with Crippen molar-refractivity contribution in [1.29, 1.82) is 0 Å². The lowest BCUT2D eigenvalue weighted by molar-refractivity contribution is -0.137. The van der Waals surface area contributed by atoms with Gasteiger partial charge >= 0.3 is 5.97 Å². The topological polar surface area (TPSA) is 90.1 Å². The van der Waals surface area contributed by atoms with E-state index in [1.54, 1.807) is 7.11 Å². The van der Waals surface area contributed by atoms with Gasteiger partial charge in [0.1, 0.15) is 5.75 Å². The molecule has 2 aromatic rings. The van der Waals surface area contributed by atoms with Gasteiger partial charge in [0.25, 0.3) is 0 Å². The number of aryl methyl sites for hydroxylation is 1. The first-order valence-corrected chi connectivity index (χ1v) is 5.83. The van der Waals surface area contributed by atoms with Crippen LogP contribution in [0.3, 0.4) is 0 Å². The van der Waals surface area contributed by atoms with Crippen molar-refractivity contribution in [2.45, 2.75) is 19.4 Å². The van der Waals surface area contributed by atoms with Crippen molar-refractivity contribution >= 4 is 5.97 Å². The van der Waals surface area contributed by atoms with E-state index in [0.717, 1.165) is 11.3 Å². The number of rotatable bonds is 6. The van der Waals surface area contributed by atoms with Crippen LogP contribution >= 0.6 is 0 Å². The number of benzene rings is 1. The van der Waals surface area contributed by atoms with Gasteiger partial charge in [-0.1, -0.05) is 12.1 Å².